The van der Waals surface area contributed by atoms with Crippen LogP contribution in [0.1, 0.15) is 26.2 Å². The van der Waals surface area contributed by atoms with Gasteiger partial charge in [-0.15, -0.1) is 0 Å². The molecule has 1 saturated heterocycles. The first kappa shape index (κ1) is 16.7. The highest BCUT2D eigenvalue weighted by Crippen LogP contribution is 2.34. The Morgan fingerprint density at radius 1 is 1.19 bits per heavy atom. The highest BCUT2D eigenvalue weighted by atomic mass is 32.1. The van der Waals surface area contributed by atoms with E-state index in [0.717, 1.165) is 42.4 Å². The Morgan fingerprint density at radius 2 is 2.04 bits per heavy atom. The molecule has 0 amide bonds. The van der Waals surface area contributed by atoms with E-state index in [4.69, 9.17) is 4.74 Å². The van der Waals surface area contributed by atoms with Crippen molar-refractivity contribution in [3.8, 4) is 5.88 Å². The molecule has 2 aromatic heterocycles. The monoisotopic (exact) mass is 381 g/mol. The summed E-state index contributed by atoms with van der Waals surface area (Å²) in [6.45, 7) is 4.34. The molecule has 1 aromatic carbocycles. The minimum atomic E-state index is 0.187. The fourth-order valence-electron chi connectivity index (χ4n) is 3.79. The van der Waals surface area contributed by atoms with E-state index in [-0.39, 0.29) is 6.10 Å². The maximum Gasteiger partial charge on any atom is 0.257 e. The molecule has 1 N–H and O–H groups in total. The number of para-hydroxylation sites is 1. The third-order valence-corrected chi connectivity index (χ3v) is 6.33. The lowest BCUT2D eigenvalue weighted by Crippen LogP contribution is -2.43. The van der Waals surface area contributed by atoms with Gasteiger partial charge in [0.25, 0.3) is 5.88 Å². The maximum absolute atomic E-state index is 6.18. The second-order valence-electron chi connectivity index (χ2n) is 7.56. The number of hydrogen-bond acceptors (Lipinski definition) is 7. The van der Waals surface area contributed by atoms with Crippen LogP contribution in [0.25, 0.3) is 10.2 Å². The van der Waals surface area contributed by atoms with Gasteiger partial charge in [0.2, 0.25) is 0 Å². The van der Waals surface area contributed by atoms with E-state index in [2.05, 4.69) is 50.3 Å². The van der Waals surface area contributed by atoms with Crippen molar-refractivity contribution in [3.05, 3.63) is 36.7 Å². The number of aromatic nitrogens is 3. The van der Waals surface area contributed by atoms with Crippen LogP contribution in [0.4, 0.5) is 10.9 Å². The summed E-state index contributed by atoms with van der Waals surface area (Å²) >= 11 is 1.71. The molecule has 0 radical (unpaired) electrons. The average Bonchev–Trinajstić information content (AvgIpc) is 3.26. The average molecular weight is 382 g/mol. The predicted octanol–water partition coefficient (Wildman–Crippen LogP) is 3.95. The Hall–Kier alpha value is -2.41. The SMILES string of the molecule is CC1CCN(c2nccnc2O[C@H]2C[C@H](Nc3nc4ccccc4s3)C2)C1. The molecule has 2 aliphatic rings. The summed E-state index contributed by atoms with van der Waals surface area (Å²) in [7, 11) is 0. The van der Waals surface area contributed by atoms with Crippen molar-refractivity contribution < 1.29 is 4.74 Å². The molecule has 1 atom stereocenters. The van der Waals surface area contributed by atoms with Crippen molar-refractivity contribution in [1.82, 2.24) is 15.0 Å². The molecule has 6 nitrogen and oxygen atoms in total. The first-order chi connectivity index (χ1) is 13.2. The highest BCUT2D eigenvalue weighted by Gasteiger charge is 2.33. The van der Waals surface area contributed by atoms with Crippen molar-refractivity contribution in [3.63, 3.8) is 0 Å². The number of fused-ring (bicyclic) bond motifs is 1. The maximum atomic E-state index is 6.18. The summed E-state index contributed by atoms with van der Waals surface area (Å²) in [6.07, 6.45) is 6.78. The van der Waals surface area contributed by atoms with Crippen molar-refractivity contribution in [1.29, 1.82) is 0 Å². The van der Waals surface area contributed by atoms with Crippen LogP contribution in [-0.4, -0.2) is 40.2 Å². The summed E-state index contributed by atoms with van der Waals surface area (Å²) < 4.78 is 7.40. The lowest BCUT2D eigenvalue weighted by Gasteiger charge is -2.35. The lowest BCUT2D eigenvalue weighted by molar-refractivity contribution is 0.103. The Morgan fingerprint density at radius 3 is 2.85 bits per heavy atom. The van der Waals surface area contributed by atoms with E-state index >= 15 is 0 Å². The number of nitrogens with one attached hydrogen (secondary N) is 1. The Labute approximate surface area is 162 Å². The fraction of sp³-hybridized carbons (Fsp3) is 0.450. The Bertz CT molecular complexity index is 906. The van der Waals surface area contributed by atoms with Gasteiger partial charge in [-0.25, -0.2) is 15.0 Å². The number of nitrogens with zero attached hydrogens (tertiary/aromatic N) is 4. The number of rotatable bonds is 5. The van der Waals surface area contributed by atoms with Crippen LogP contribution in [0.15, 0.2) is 36.7 Å². The van der Waals surface area contributed by atoms with Crippen molar-refractivity contribution in [2.24, 2.45) is 5.92 Å². The zero-order valence-corrected chi connectivity index (χ0v) is 16.2. The van der Waals surface area contributed by atoms with Crippen molar-refractivity contribution >= 4 is 32.5 Å². The summed E-state index contributed by atoms with van der Waals surface area (Å²) in [6, 6.07) is 8.65. The van der Waals surface area contributed by atoms with Gasteiger partial charge in [-0.1, -0.05) is 30.4 Å². The molecule has 7 heteroatoms. The molecular formula is C20H23N5OS. The molecule has 1 aliphatic heterocycles. The quantitative estimate of drug-likeness (QED) is 0.722. The summed E-state index contributed by atoms with van der Waals surface area (Å²) in [5, 5.41) is 4.53. The summed E-state index contributed by atoms with van der Waals surface area (Å²) in [4.78, 5) is 15.9. The first-order valence-electron chi connectivity index (χ1n) is 9.59. The molecular weight excluding hydrogens is 358 g/mol. The summed E-state index contributed by atoms with van der Waals surface area (Å²) in [5.74, 6) is 2.27. The predicted molar refractivity (Wildman–Crippen MR) is 109 cm³/mol. The number of anilines is 2. The smallest absolute Gasteiger partial charge is 0.257 e. The van der Waals surface area contributed by atoms with E-state index in [1.165, 1.54) is 11.1 Å². The molecule has 3 aromatic rings. The van der Waals surface area contributed by atoms with Crippen LogP contribution in [0.5, 0.6) is 5.88 Å². The minimum absolute atomic E-state index is 0.187. The fourth-order valence-corrected chi connectivity index (χ4v) is 4.73. The molecule has 2 fully saturated rings. The largest absolute Gasteiger partial charge is 0.472 e. The van der Waals surface area contributed by atoms with Crippen molar-refractivity contribution in [2.75, 3.05) is 23.3 Å². The standard InChI is InChI=1S/C20H23N5OS/c1-13-6-9-25(12-13)18-19(22-8-7-21-18)26-15-10-14(11-15)23-20-24-16-4-2-3-5-17(16)27-20/h2-5,7-8,13-15H,6,9-12H2,1H3,(H,23,24)/t13?,14-,15-. The van der Waals surface area contributed by atoms with E-state index < -0.39 is 0 Å². The third-order valence-electron chi connectivity index (χ3n) is 5.36. The molecule has 140 valence electrons. The second kappa shape index (κ2) is 6.96. The molecule has 1 aliphatic carbocycles. The van der Waals surface area contributed by atoms with Crippen LogP contribution >= 0.6 is 11.3 Å². The number of benzene rings is 1. The molecule has 27 heavy (non-hydrogen) atoms. The highest BCUT2D eigenvalue weighted by molar-refractivity contribution is 7.22. The van der Waals surface area contributed by atoms with Gasteiger partial charge in [0.1, 0.15) is 6.10 Å². The Kier molecular flexibility index (Phi) is 4.32. The zero-order chi connectivity index (χ0) is 18.2. The van der Waals surface area contributed by atoms with Crippen molar-refractivity contribution in [2.45, 2.75) is 38.3 Å². The van der Waals surface area contributed by atoms with Crippen LogP contribution in [0.2, 0.25) is 0 Å². The molecule has 5 rings (SSSR count). The van der Waals surface area contributed by atoms with Crippen LogP contribution in [0.3, 0.4) is 0 Å². The van der Waals surface area contributed by atoms with Gasteiger partial charge >= 0.3 is 0 Å². The molecule has 1 saturated carbocycles. The van der Waals surface area contributed by atoms with Crippen LogP contribution < -0.4 is 15.0 Å². The summed E-state index contributed by atoms with van der Waals surface area (Å²) in [5.41, 5.74) is 1.06. The van der Waals surface area contributed by atoms with Gasteiger partial charge in [-0.2, -0.15) is 0 Å². The molecule has 0 bridgehead atoms. The molecule has 1 unspecified atom stereocenters. The van der Waals surface area contributed by atoms with Gasteiger partial charge in [0.15, 0.2) is 10.9 Å². The topological polar surface area (TPSA) is 63.2 Å². The van der Waals surface area contributed by atoms with E-state index in [1.54, 1.807) is 23.7 Å². The normalized spacial score (nSPS) is 24.8. The minimum Gasteiger partial charge on any atom is -0.472 e. The van der Waals surface area contributed by atoms with Gasteiger partial charge < -0.3 is 15.0 Å². The zero-order valence-electron chi connectivity index (χ0n) is 15.3. The third kappa shape index (κ3) is 3.43. The first-order valence-corrected chi connectivity index (χ1v) is 10.4. The molecule has 3 heterocycles. The van der Waals surface area contributed by atoms with Gasteiger partial charge in [-0.3, -0.25) is 0 Å². The van der Waals surface area contributed by atoms with E-state index in [1.807, 2.05) is 6.07 Å². The number of hydrogen-bond donors (Lipinski definition) is 1. The van der Waals surface area contributed by atoms with E-state index in [0.29, 0.717) is 17.8 Å². The number of ether oxygens (including phenoxy) is 1. The van der Waals surface area contributed by atoms with E-state index in [9.17, 15) is 0 Å². The van der Waals surface area contributed by atoms with Gasteiger partial charge in [-0.05, 0) is 24.5 Å². The van der Waals surface area contributed by atoms with Crippen LogP contribution in [-0.2, 0) is 0 Å². The van der Waals surface area contributed by atoms with Crippen LogP contribution in [0, 0.1) is 5.92 Å². The lowest BCUT2D eigenvalue weighted by atomic mass is 9.89. The Balaban J connectivity index is 1.19. The second-order valence-corrected chi connectivity index (χ2v) is 8.59. The van der Waals surface area contributed by atoms with Gasteiger partial charge in [0, 0.05) is 44.4 Å². The number of thiazole rings is 1. The molecule has 0 spiro atoms. The van der Waals surface area contributed by atoms with Gasteiger partial charge in [0.05, 0.1) is 10.2 Å².